The van der Waals surface area contributed by atoms with Crippen molar-refractivity contribution < 1.29 is 14.3 Å². The fourth-order valence-electron chi connectivity index (χ4n) is 4.18. The first kappa shape index (κ1) is 24.1. The van der Waals surface area contributed by atoms with E-state index in [1.165, 1.54) is 18.3 Å². The Kier molecular flexibility index (Phi) is 8.30. The number of nitrogens with one attached hydrogen (secondary N) is 1. The molecule has 0 bridgehead atoms. The van der Waals surface area contributed by atoms with Crippen LogP contribution in [0.15, 0.2) is 78.3 Å². The van der Waals surface area contributed by atoms with E-state index in [0.717, 1.165) is 36.4 Å². The van der Waals surface area contributed by atoms with E-state index in [4.69, 9.17) is 9.47 Å². The van der Waals surface area contributed by atoms with Crippen LogP contribution in [0.1, 0.15) is 36.5 Å². The Hall–Kier alpha value is -3.54. The Morgan fingerprint density at radius 1 is 1.27 bits per heavy atom. The maximum Gasteiger partial charge on any atom is 0.340 e. The third-order valence-electron chi connectivity index (χ3n) is 6.17. The number of benzene rings is 1. The molecule has 0 saturated heterocycles. The summed E-state index contributed by atoms with van der Waals surface area (Å²) in [7, 11) is 5.13. The SMILES string of the molecule is C=CC1=C(/C=C(\C)N(C)c2ccc(OC)cc2)CCC[C@H]1CNc1cnccc1C(=O)OC. The van der Waals surface area contributed by atoms with Crippen LogP contribution in [0, 0.1) is 5.92 Å². The van der Waals surface area contributed by atoms with E-state index in [2.05, 4.69) is 54.0 Å². The molecule has 6 nitrogen and oxygen atoms in total. The average molecular weight is 448 g/mol. The van der Waals surface area contributed by atoms with Crippen LogP contribution >= 0.6 is 0 Å². The zero-order chi connectivity index (χ0) is 23.8. The van der Waals surface area contributed by atoms with E-state index < -0.39 is 0 Å². The van der Waals surface area contributed by atoms with E-state index in [1.807, 2.05) is 18.2 Å². The highest BCUT2D eigenvalue weighted by Crippen LogP contribution is 2.33. The van der Waals surface area contributed by atoms with Gasteiger partial charge in [0.1, 0.15) is 5.75 Å². The summed E-state index contributed by atoms with van der Waals surface area (Å²) in [6.45, 7) is 6.92. The summed E-state index contributed by atoms with van der Waals surface area (Å²) in [5, 5.41) is 3.41. The van der Waals surface area contributed by atoms with Gasteiger partial charge in [-0.2, -0.15) is 0 Å². The lowest BCUT2D eigenvalue weighted by molar-refractivity contribution is 0.0601. The molecule has 0 radical (unpaired) electrons. The lowest BCUT2D eigenvalue weighted by atomic mass is 9.82. The molecule has 33 heavy (non-hydrogen) atoms. The lowest BCUT2D eigenvalue weighted by Crippen LogP contribution is -2.22. The Morgan fingerprint density at radius 3 is 2.70 bits per heavy atom. The van der Waals surface area contributed by atoms with Gasteiger partial charge in [-0.05, 0) is 73.7 Å². The molecule has 1 atom stereocenters. The molecule has 3 rings (SSSR count). The van der Waals surface area contributed by atoms with Gasteiger partial charge in [-0.1, -0.05) is 12.7 Å². The number of allylic oxidation sites excluding steroid dienone is 4. The van der Waals surface area contributed by atoms with Gasteiger partial charge in [0.2, 0.25) is 0 Å². The minimum absolute atomic E-state index is 0.298. The number of esters is 1. The first-order valence-electron chi connectivity index (χ1n) is 11.2. The predicted octanol–water partition coefficient (Wildman–Crippen LogP) is 5.61. The molecule has 174 valence electrons. The Labute approximate surface area is 196 Å². The number of carbonyl (C=O) groups is 1. The number of aromatic nitrogens is 1. The molecule has 0 saturated carbocycles. The molecular weight excluding hydrogens is 414 g/mol. The minimum Gasteiger partial charge on any atom is -0.497 e. The fraction of sp³-hybridized carbons (Fsp3) is 0.333. The van der Waals surface area contributed by atoms with Crippen LogP contribution < -0.4 is 15.0 Å². The van der Waals surface area contributed by atoms with Crippen LogP contribution in [0.4, 0.5) is 11.4 Å². The number of carbonyl (C=O) groups excluding carboxylic acids is 1. The normalized spacial score (nSPS) is 16.2. The van der Waals surface area contributed by atoms with E-state index in [1.54, 1.807) is 25.6 Å². The molecule has 1 aliphatic rings. The number of hydrogen-bond acceptors (Lipinski definition) is 6. The molecule has 0 fully saturated rings. The second-order valence-corrected chi connectivity index (χ2v) is 8.11. The van der Waals surface area contributed by atoms with Gasteiger partial charge in [-0.15, -0.1) is 0 Å². The van der Waals surface area contributed by atoms with Gasteiger partial charge in [0.15, 0.2) is 0 Å². The van der Waals surface area contributed by atoms with Gasteiger partial charge in [0.25, 0.3) is 0 Å². The standard InChI is InChI=1S/C27H33N3O3/c1-6-24-20(16-19(2)30(3)22-10-12-23(32-4)13-11-22)8-7-9-21(24)17-29-26-18-28-15-14-25(26)27(31)33-5/h6,10-16,18,21,29H,1,7-9,17H2,2-5H3/b19-16+/t21-/m0/s1. The van der Waals surface area contributed by atoms with Gasteiger partial charge in [0, 0.05) is 37.1 Å². The van der Waals surface area contributed by atoms with Crippen molar-refractivity contribution in [2.45, 2.75) is 26.2 Å². The zero-order valence-corrected chi connectivity index (χ0v) is 19.9. The number of nitrogens with zero attached hydrogens (tertiary/aromatic N) is 2. The van der Waals surface area contributed by atoms with Crippen molar-refractivity contribution in [2.24, 2.45) is 5.92 Å². The number of rotatable bonds is 9. The number of pyridine rings is 1. The van der Waals surface area contributed by atoms with Gasteiger partial charge < -0.3 is 19.7 Å². The van der Waals surface area contributed by atoms with Crippen LogP contribution in [0.25, 0.3) is 0 Å². The summed E-state index contributed by atoms with van der Waals surface area (Å²) in [5.74, 6) is 0.771. The highest BCUT2D eigenvalue weighted by atomic mass is 16.5. The number of anilines is 2. The molecule has 0 aliphatic heterocycles. The van der Waals surface area contributed by atoms with Crippen LogP contribution in [0.2, 0.25) is 0 Å². The summed E-state index contributed by atoms with van der Waals surface area (Å²) < 4.78 is 10.2. The maximum absolute atomic E-state index is 12.1. The van der Waals surface area contributed by atoms with Crippen LogP contribution in [0.3, 0.4) is 0 Å². The Balaban J connectivity index is 1.78. The molecule has 1 heterocycles. The number of methoxy groups -OCH3 is 2. The van der Waals surface area contributed by atoms with Crippen LogP contribution in [-0.4, -0.2) is 38.8 Å². The second-order valence-electron chi connectivity index (χ2n) is 8.11. The summed E-state index contributed by atoms with van der Waals surface area (Å²) in [6.07, 6.45) is 10.7. The smallest absolute Gasteiger partial charge is 0.340 e. The fourth-order valence-corrected chi connectivity index (χ4v) is 4.18. The topological polar surface area (TPSA) is 63.7 Å². The first-order chi connectivity index (χ1) is 16.0. The summed E-state index contributed by atoms with van der Waals surface area (Å²) >= 11 is 0. The minimum atomic E-state index is -0.371. The van der Waals surface area contributed by atoms with E-state index in [0.29, 0.717) is 23.7 Å². The molecule has 0 spiro atoms. The zero-order valence-electron chi connectivity index (χ0n) is 19.9. The Morgan fingerprint density at radius 2 is 2.03 bits per heavy atom. The van der Waals surface area contributed by atoms with Crippen LogP contribution in [-0.2, 0) is 4.74 Å². The van der Waals surface area contributed by atoms with Crippen molar-refractivity contribution in [3.8, 4) is 5.75 Å². The van der Waals surface area contributed by atoms with E-state index >= 15 is 0 Å². The molecular formula is C27H33N3O3. The highest BCUT2D eigenvalue weighted by Gasteiger charge is 2.21. The molecule has 0 amide bonds. The highest BCUT2D eigenvalue weighted by molar-refractivity contribution is 5.95. The number of ether oxygens (including phenoxy) is 2. The van der Waals surface area contributed by atoms with Crippen molar-refractivity contribution in [3.05, 3.63) is 83.9 Å². The summed E-state index contributed by atoms with van der Waals surface area (Å²) in [6, 6.07) is 9.72. The van der Waals surface area contributed by atoms with E-state index in [9.17, 15) is 4.79 Å². The monoisotopic (exact) mass is 447 g/mol. The molecule has 1 N–H and O–H groups in total. The molecule has 0 unspecified atom stereocenters. The quantitative estimate of drug-likeness (QED) is 0.504. The summed E-state index contributed by atoms with van der Waals surface area (Å²) in [4.78, 5) is 18.4. The van der Waals surface area contributed by atoms with Gasteiger partial charge >= 0.3 is 5.97 Å². The first-order valence-corrected chi connectivity index (χ1v) is 11.2. The molecule has 1 aromatic heterocycles. The molecule has 1 aliphatic carbocycles. The van der Waals surface area contributed by atoms with Crippen molar-refractivity contribution in [3.63, 3.8) is 0 Å². The van der Waals surface area contributed by atoms with Gasteiger partial charge in [-0.3, -0.25) is 4.98 Å². The largest absolute Gasteiger partial charge is 0.497 e. The van der Waals surface area contributed by atoms with Gasteiger partial charge in [0.05, 0.1) is 31.7 Å². The van der Waals surface area contributed by atoms with Crippen molar-refractivity contribution in [1.82, 2.24) is 4.98 Å². The van der Waals surface area contributed by atoms with Crippen molar-refractivity contribution in [1.29, 1.82) is 0 Å². The van der Waals surface area contributed by atoms with Crippen LogP contribution in [0.5, 0.6) is 5.75 Å². The lowest BCUT2D eigenvalue weighted by Gasteiger charge is -2.28. The number of hydrogen-bond donors (Lipinski definition) is 1. The van der Waals surface area contributed by atoms with Gasteiger partial charge in [-0.25, -0.2) is 4.79 Å². The molecule has 2 aromatic rings. The molecule has 6 heteroatoms. The predicted molar refractivity (Wildman–Crippen MR) is 134 cm³/mol. The van der Waals surface area contributed by atoms with E-state index in [-0.39, 0.29) is 5.97 Å². The molecule has 1 aromatic carbocycles. The van der Waals surface area contributed by atoms with Crippen molar-refractivity contribution >= 4 is 17.3 Å². The maximum atomic E-state index is 12.1. The third-order valence-corrected chi connectivity index (χ3v) is 6.17. The second kappa shape index (κ2) is 11.4. The van der Waals surface area contributed by atoms with Crippen molar-refractivity contribution in [2.75, 3.05) is 38.0 Å². The third kappa shape index (κ3) is 5.83. The average Bonchev–Trinajstić information content (AvgIpc) is 2.86. The summed E-state index contributed by atoms with van der Waals surface area (Å²) in [5.41, 5.74) is 5.99. The Bertz CT molecular complexity index is 1040.